The number of hydrogen-bond acceptors (Lipinski definition) is 5. The van der Waals surface area contributed by atoms with Crippen LogP contribution in [0.3, 0.4) is 0 Å². The SMILES string of the molecule is COc1ccc(N2C(=O)[C@@H](CC(=O)Nc3ccccc3)N(CCc3sccc3C)C2=S)cc1. The highest BCUT2D eigenvalue weighted by Gasteiger charge is 2.44. The van der Waals surface area contributed by atoms with Gasteiger partial charge in [0.15, 0.2) is 5.11 Å². The number of carbonyl (C=O) groups excluding carboxylic acids is 2. The van der Waals surface area contributed by atoms with Gasteiger partial charge in [0.05, 0.1) is 19.2 Å². The van der Waals surface area contributed by atoms with Crippen molar-refractivity contribution in [1.29, 1.82) is 0 Å². The van der Waals surface area contributed by atoms with Gasteiger partial charge in [-0.1, -0.05) is 18.2 Å². The Hall–Kier alpha value is -3.23. The monoisotopic (exact) mass is 479 g/mol. The molecular formula is C25H25N3O3S2. The molecule has 1 aliphatic heterocycles. The second-order valence-electron chi connectivity index (χ2n) is 7.76. The van der Waals surface area contributed by atoms with Crippen LogP contribution in [0.5, 0.6) is 5.75 Å². The lowest BCUT2D eigenvalue weighted by Gasteiger charge is -2.24. The lowest BCUT2D eigenvalue weighted by atomic mass is 10.1. The van der Waals surface area contributed by atoms with E-state index in [1.54, 1.807) is 42.7 Å². The van der Waals surface area contributed by atoms with Gasteiger partial charge >= 0.3 is 0 Å². The Balaban J connectivity index is 1.56. The van der Waals surface area contributed by atoms with Crippen molar-refractivity contribution in [3.63, 3.8) is 0 Å². The fraction of sp³-hybridized carbons (Fsp3) is 0.240. The van der Waals surface area contributed by atoms with Gasteiger partial charge in [0.2, 0.25) is 5.91 Å². The topological polar surface area (TPSA) is 61.9 Å². The molecule has 8 heteroatoms. The Labute approximate surface area is 202 Å². The maximum atomic E-state index is 13.5. The highest BCUT2D eigenvalue weighted by molar-refractivity contribution is 7.80. The Bertz CT molecular complexity index is 1150. The molecule has 0 saturated carbocycles. The maximum Gasteiger partial charge on any atom is 0.256 e. The Morgan fingerprint density at radius 3 is 2.48 bits per heavy atom. The summed E-state index contributed by atoms with van der Waals surface area (Å²) in [6, 6.07) is 17.8. The smallest absolute Gasteiger partial charge is 0.256 e. The maximum absolute atomic E-state index is 13.5. The van der Waals surface area contributed by atoms with Crippen LogP contribution in [0.4, 0.5) is 11.4 Å². The molecule has 2 amide bonds. The minimum Gasteiger partial charge on any atom is -0.497 e. The molecular weight excluding hydrogens is 454 g/mol. The van der Waals surface area contributed by atoms with E-state index in [1.165, 1.54) is 15.3 Å². The molecule has 0 radical (unpaired) electrons. The first-order chi connectivity index (χ1) is 16.0. The summed E-state index contributed by atoms with van der Waals surface area (Å²) in [5.41, 5.74) is 2.58. The first kappa shape index (κ1) is 22.9. The van der Waals surface area contributed by atoms with Gasteiger partial charge in [-0.2, -0.15) is 0 Å². The van der Waals surface area contributed by atoms with Gasteiger partial charge in [-0.15, -0.1) is 11.3 Å². The van der Waals surface area contributed by atoms with Gasteiger partial charge in [0, 0.05) is 17.1 Å². The summed E-state index contributed by atoms with van der Waals surface area (Å²) >= 11 is 7.43. The average molecular weight is 480 g/mol. The standard InChI is InChI=1S/C25H25N3O3S2/c1-17-13-15-33-22(17)12-14-27-21(16-23(29)26-18-6-4-3-5-7-18)24(30)28(25(27)32)19-8-10-20(31-2)11-9-19/h3-11,13,15,21H,12,14,16H2,1-2H3,(H,26,29)/t21-/m1/s1. The molecule has 6 nitrogen and oxygen atoms in total. The third-order valence-electron chi connectivity index (χ3n) is 5.63. The zero-order valence-corrected chi connectivity index (χ0v) is 20.1. The number of para-hydroxylation sites is 1. The van der Waals surface area contributed by atoms with Crippen molar-refractivity contribution in [1.82, 2.24) is 4.90 Å². The number of nitrogens with zero attached hydrogens (tertiary/aromatic N) is 2. The summed E-state index contributed by atoms with van der Waals surface area (Å²) in [5, 5.41) is 5.35. The van der Waals surface area contributed by atoms with Crippen molar-refractivity contribution in [3.05, 3.63) is 76.5 Å². The zero-order valence-electron chi connectivity index (χ0n) is 18.5. The van der Waals surface area contributed by atoms with Crippen LogP contribution in [0.25, 0.3) is 0 Å². The van der Waals surface area contributed by atoms with Gasteiger partial charge in [0.1, 0.15) is 11.8 Å². The summed E-state index contributed by atoms with van der Waals surface area (Å²) in [5.74, 6) is 0.271. The summed E-state index contributed by atoms with van der Waals surface area (Å²) < 4.78 is 5.23. The summed E-state index contributed by atoms with van der Waals surface area (Å²) in [7, 11) is 1.59. The molecule has 0 unspecified atom stereocenters. The molecule has 1 fully saturated rings. The Kier molecular flexibility index (Phi) is 7.05. The number of rotatable bonds is 8. The van der Waals surface area contributed by atoms with Crippen LogP contribution in [0.2, 0.25) is 0 Å². The molecule has 3 aromatic rings. The van der Waals surface area contributed by atoms with Gasteiger partial charge in [-0.05, 0) is 79.0 Å². The van der Waals surface area contributed by atoms with E-state index in [0.29, 0.717) is 28.8 Å². The van der Waals surface area contributed by atoms with Crippen LogP contribution in [-0.4, -0.2) is 41.5 Å². The number of hydrogen-bond donors (Lipinski definition) is 1. The van der Waals surface area contributed by atoms with E-state index in [2.05, 4.69) is 23.7 Å². The fourth-order valence-electron chi connectivity index (χ4n) is 3.85. The summed E-state index contributed by atoms with van der Waals surface area (Å²) in [6.45, 7) is 2.63. The van der Waals surface area contributed by atoms with E-state index in [4.69, 9.17) is 17.0 Å². The van der Waals surface area contributed by atoms with Crippen LogP contribution in [0.1, 0.15) is 16.9 Å². The molecule has 0 bridgehead atoms. The normalized spacial score (nSPS) is 15.8. The number of thiophene rings is 1. The molecule has 170 valence electrons. The van der Waals surface area contributed by atoms with Crippen molar-refractivity contribution < 1.29 is 14.3 Å². The van der Waals surface area contributed by atoms with Crippen molar-refractivity contribution in [2.24, 2.45) is 0 Å². The molecule has 1 N–H and O–H groups in total. The first-order valence-corrected chi connectivity index (χ1v) is 11.9. The summed E-state index contributed by atoms with van der Waals surface area (Å²) in [4.78, 5) is 31.0. The number of ether oxygens (including phenoxy) is 1. The molecule has 2 heterocycles. The fourth-order valence-corrected chi connectivity index (χ4v) is 5.16. The van der Waals surface area contributed by atoms with E-state index >= 15 is 0 Å². The zero-order chi connectivity index (χ0) is 23.4. The number of nitrogens with one attached hydrogen (secondary N) is 1. The van der Waals surface area contributed by atoms with E-state index < -0.39 is 6.04 Å². The number of amides is 2. The van der Waals surface area contributed by atoms with Gasteiger partial charge in [0.25, 0.3) is 5.91 Å². The van der Waals surface area contributed by atoms with Gasteiger partial charge < -0.3 is 15.0 Å². The lowest BCUT2D eigenvalue weighted by Crippen LogP contribution is -2.39. The number of anilines is 2. The molecule has 4 rings (SSSR count). The van der Waals surface area contributed by atoms with E-state index in [1.807, 2.05) is 35.2 Å². The Morgan fingerprint density at radius 1 is 1.12 bits per heavy atom. The Morgan fingerprint density at radius 2 is 1.85 bits per heavy atom. The van der Waals surface area contributed by atoms with Crippen molar-refractivity contribution >= 4 is 51.9 Å². The van der Waals surface area contributed by atoms with Crippen LogP contribution < -0.4 is 15.0 Å². The number of carbonyl (C=O) groups is 2. The van der Waals surface area contributed by atoms with Gasteiger partial charge in [-0.3, -0.25) is 14.5 Å². The molecule has 0 aliphatic carbocycles. The summed E-state index contributed by atoms with van der Waals surface area (Å²) in [6.07, 6.45) is 0.772. The highest BCUT2D eigenvalue weighted by atomic mass is 32.1. The third-order valence-corrected chi connectivity index (χ3v) is 7.13. The largest absolute Gasteiger partial charge is 0.497 e. The third kappa shape index (κ3) is 5.07. The number of benzene rings is 2. The average Bonchev–Trinajstić information content (AvgIpc) is 3.33. The highest BCUT2D eigenvalue weighted by Crippen LogP contribution is 2.29. The molecule has 1 atom stereocenters. The predicted molar refractivity (Wildman–Crippen MR) is 136 cm³/mol. The van der Waals surface area contributed by atoms with Crippen molar-refractivity contribution in [3.8, 4) is 5.75 Å². The number of thiocarbonyl (C=S) groups is 1. The van der Waals surface area contributed by atoms with E-state index in [9.17, 15) is 9.59 Å². The lowest BCUT2D eigenvalue weighted by molar-refractivity contribution is -0.124. The second-order valence-corrected chi connectivity index (χ2v) is 9.12. The molecule has 1 aliphatic rings. The van der Waals surface area contributed by atoms with Crippen molar-refractivity contribution in [2.75, 3.05) is 23.9 Å². The van der Waals surface area contributed by atoms with Crippen LogP contribution >= 0.6 is 23.6 Å². The first-order valence-electron chi connectivity index (χ1n) is 10.6. The molecule has 1 saturated heterocycles. The number of aryl methyl sites for hydroxylation is 1. The minimum absolute atomic E-state index is 0.0178. The quantitative estimate of drug-likeness (QED) is 0.477. The number of methoxy groups -OCH3 is 1. The van der Waals surface area contributed by atoms with Crippen LogP contribution in [0.15, 0.2) is 66.0 Å². The van der Waals surface area contributed by atoms with Crippen molar-refractivity contribution in [2.45, 2.75) is 25.8 Å². The van der Waals surface area contributed by atoms with E-state index in [0.717, 1.165) is 6.42 Å². The minimum atomic E-state index is -0.663. The van der Waals surface area contributed by atoms with Crippen LogP contribution in [0, 0.1) is 6.92 Å². The second kappa shape index (κ2) is 10.1. The molecule has 2 aromatic carbocycles. The van der Waals surface area contributed by atoms with Crippen LogP contribution in [-0.2, 0) is 16.0 Å². The predicted octanol–water partition coefficient (Wildman–Crippen LogP) is 4.64. The van der Waals surface area contributed by atoms with E-state index in [-0.39, 0.29) is 18.2 Å². The molecule has 33 heavy (non-hydrogen) atoms. The van der Waals surface area contributed by atoms with Gasteiger partial charge in [-0.25, -0.2) is 0 Å². The molecule has 0 spiro atoms. The molecule has 1 aromatic heterocycles.